The van der Waals surface area contributed by atoms with Gasteiger partial charge in [-0.15, -0.1) is 0 Å². The lowest BCUT2D eigenvalue weighted by Gasteiger charge is -2.12. The molecular weight excluding hydrogens is 346 g/mol. The van der Waals surface area contributed by atoms with Crippen LogP contribution in [0.2, 0.25) is 0 Å². The van der Waals surface area contributed by atoms with Crippen molar-refractivity contribution in [2.45, 2.75) is 6.54 Å². The SMILES string of the molecule is COc1ccc(NCc2cccn2-c2nc3ccccc3s2)cc1OC. The summed E-state index contributed by atoms with van der Waals surface area (Å²) in [7, 11) is 3.27. The standard InChI is InChI=1S/C20H19N3O2S/c1-24-17-10-9-14(12-18(17)25-2)21-13-15-6-5-11-23(15)20-22-16-7-3-4-8-19(16)26-20/h3-12,21H,13H2,1-2H3. The van der Waals surface area contributed by atoms with Crippen molar-refractivity contribution in [3.63, 3.8) is 0 Å². The van der Waals surface area contributed by atoms with E-state index in [9.17, 15) is 0 Å². The van der Waals surface area contributed by atoms with Gasteiger partial charge in [0.05, 0.1) is 31.0 Å². The van der Waals surface area contributed by atoms with E-state index < -0.39 is 0 Å². The van der Waals surface area contributed by atoms with Crippen molar-refractivity contribution < 1.29 is 9.47 Å². The number of ether oxygens (including phenoxy) is 2. The maximum Gasteiger partial charge on any atom is 0.194 e. The number of nitrogens with zero attached hydrogens (tertiary/aromatic N) is 2. The van der Waals surface area contributed by atoms with Crippen LogP contribution in [0, 0.1) is 0 Å². The smallest absolute Gasteiger partial charge is 0.194 e. The quantitative estimate of drug-likeness (QED) is 0.537. The van der Waals surface area contributed by atoms with Crippen LogP contribution < -0.4 is 14.8 Å². The monoisotopic (exact) mass is 365 g/mol. The molecule has 4 aromatic rings. The van der Waals surface area contributed by atoms with E-state index >= 15 is 0 Å². The number of hydrogen-bond donors (Lipinski definition) is 1. The number of fused-ring (bicyclic) bond motifs is 1. The molecule has 0 spiro atoms. The van der Waals surface area contributed by atoms with Crippen LogP contribution in [0.15, 0.2) is 60.8 Å². The average Bonchev–Trinajstić information content (AvgIpc) is 3.32. The molecule has 5 nitrogen and oxygen atoms in total. The number of methoxy groups -OCH3 is 2. The predicted octanol–water partition coefficient (Wildman–Crippen LogP) is 4.72. The average molecular weight is 365 g/mol. The molecule has 0 fully saturated rings. The summed E-state index contributed by atoms with van der Waals surface area (Å²) in [6.07, 6.45) is 2.04. The molecule has 1 N–H and O–H groups in total. The molecule has 0 bridgehead atoms. The molecule has 0 amide bonds. The molecule has 0 atom stereocenters. The molecule has 132 valence electrons. The first-order valence-electron chi connectivity index (χ1n) is 8.26. The number of rotatable bonds is 6. The Kier molecular flexibility index (Phi) is 4.50. The van der Waals surface area contributed by atoms with Crippen LogP contribution in [-0.2, 0) is 6.54 Å². The summed E-state index contributed by atoms with van der Waals surface area (Å²) in [6.45, 7) is 0.679. The summed E-state index contributed by atoms with van der Waals surface area (Å²) in [5, 5.41) is 4.41. The highest BCUT2D eigenvalue weighted by atomic mass is 32.1. The fraction of sp³-hybridized carbons (Fsp3) is 0.150. The third-order valence-corrected chi connectivity index (χ3v) is 5.21. The number of anilines is 1. The zero-order valence-electron chi connectivity index (χ0n) is 14.6. The van der Waals surface area contributed by atoms with E-state index in [1.54, 1.807) is 25.6 Å². The summed E-state index contributed by atoms with van der Waals surface area (Å²) in [4.78, 5) is 4.74. The summed E-state index contributed by atoms with van der Waals surface area (Å²) < 4.78 is 14.0. The Morgan fingerprint density at radius 2 is 1.85 bits per heavy atom. The van der Waals surface area contributed by atoms with E-state index in [0.717, 1.165) is 27.8 Å². The van der Waals surface area contributed by atoms with Crippen LogP contribution in [-0.4, -0.2) is 23.8 Å². The molecule has 2 aromatic carbocycles. The maximum atomic E-state index is 5.36. The molecule has 0 saturated heterocycles. The highest BCUT2D eigenvalue weighted by Crippen LogP contribution is 2.30. The van der Waals surface area contributed by atoms with Crippen molar-refractivity contribution in [3.8, 4) is 16.6 Å². The van der Waals surface area contributed by atoms with Gasteiger partial charge in [0.2, 0.25) is 0 Å². The minimum atomic E-state index is 0.679. The first-order valence-corrected chi connectivity index (χ1v) is 9.08. The van der Waals surface area contributed by atoms with Crippen LogP contribution in [0.1, 0.15) is 5.69 Å². The number of hydrogen-bond acceptors (Lipinski definition) is 5. The molecule has 0 radical (unpaired) electrons. The molecule has 26 heavy (non-hydrogen) atoms. The highest BCUT2D eigenvalue weighted by Gasteiger charge is 2.10. The van der Waals surface area contributed by atoms with Crippen LogP contribution in [0.5, 0.6) is 11.5 Å². The summed E-state index contributed by atoms with van der Waals surface area (Å²) >= 11 is 1.69. The Labute approximate surface area is 155 Å². The Hall–Kier alpha value is -2.99. The molecule has 0 saturated carbocycles. The minimum Gasteiger partial charge on any atom is -0.493 e. The van der Waals surface area contributed by atoms with Crippen LogP contribution in [0.3, 0.4) is 0 Å². The van der Waals surface area contributed by atoms with Gasteiger partial charge < -0.3 is 14.8 Å². The fourth-order valence-electron chi connectivity index (χ4n) is 2.85. The normalized spacial score (nSPS) is 10.8. The lowest BCUT2D eigenvalue weighted by molar-refractivity contribution is 0.355. The molecule has 0 aliphatic carbocycles. The van der Waals surface area contributed by atoms with Gasteiger partial charge in [-0.1, -0.05) is 23.5 Å². The van der Waals surface area contributed by atoms with E-state index in [0.29, 0.717) is 12.3 Å². The van der Waals surface area contributed by atoms with Crippen LogP contribution in [0.4, 0.5) is 5.69 Å². The van der Waals surface area contributed by atoms with Gasteiger partial charge in [-0.3, -0.25) is 4.57 Å². The molecule has 2 aromatic heterocycles. The number of benzene rings is 2. The van der Waals surface area contributed by atoms with Gasteiger partial charge in [0.25, 0.3) is 0 Å². The predicted molar refractivity (Wildman–Crippen MR) is 106 cm³/mol. The van der Waals surface area contributed by atoms with Gasteiger partial charge in [-0.05, 0) is 36.4 Å². The van der Waals surface area contributed by atoms with E-state index in [2.05, 4.69) is 22.0 Å². The molecule has 4 rings (SSSR count). The Bertz CT molecular complexity index is 1010. The van der Waals surface area contributed by atoms with Gasteiger partial charge in [0, 0.05) is 23.6 Å². The third-order valence-electron chi connectivity index (χ3n) is 4.18. The first kappa shape index (κ1) is 16.5. The summed E-state index contributed by atoms with van der Waals surface area (Å²) in [6, 6.07) is 18.1. The highest BCUT2D eigenvalue weighted by molar-refractivity contribution is 7.20. The van der Waals surface area contributed by atoms with E-state index in [1.807, 2.05) is 48.7 Å². The van der Waals surface area contributed by atoms with Crippen molar-refractivity contribution in [1.82, 2.24) is 9.55 Å². The Balaban J connectivity index is 1.56. The van der Waals surface area contributed by atoms with Gasteiger partial charge in [-0.25, -0.2) is 4.98 Å². The molecule has 2 heterocycles. The molecule has 0 unspecified atom stereocenters. The van der Waals surface area contributed by atoms with Crippen molar-refractivity contribution >= 4 is 27.2 Å². The number of aromatic nitrogens is 2. The van der Waals surface area contributed by atoms with Crippen molar-refractivity contribution in [1.29, 1.82) is 0 Å². The lowest BCUT2D eigenvalue weighted by Crippen LogP contribution is -2.05. The zero-order chi connectivity index (χ0) is 17.9. The maximum absolute atomic E-state index is 5.36. The van der Waals surface area contributed by atoms with E-state index in [4.69, 9.17) is 14.5 Å². The number of thiazole rings is 1. The Morgan fingerprint density at radius 3 is 2.65 bits per heavy atom. The molecule has 0 aliphatic rings. The van der Waals surface area contributed by atoms with Crippen molar-refractivity contribution in [3.05, 3.63) is 66.5 Å². The summed E-state index contributed by atoms with van der Waals surface area (Å²) in [5.74, 6) is 1.43. The number of para-hydroxylation sites is 1. The van der Waals surface area contributed by atoms with Gasteiger partial charge in [-0.2, -0.15) is 0 Å². The lowest BCUT2D eigenvalue weighted by atomic mass is 10.2. The van der Waals surface area contributed by atoms with Crippen molar-refractivity contribution in [2.75, 3.05) is 19.5 Å². The Morgan fingerprint density at radius 1 is 1.00 bits per heavy atom. The summed E-state index contributed by atoms with van der Waals surface area (Å²) in [5.41, 5.74) is 3.14. The molecular formula is C20H19N3O2S. The second-order valence-corrected chi connectivity index (χ2v) is 6.77. The second-order valence-electron chi connectivity index (χ2n) is 5.76. The van der Waals surface area contributed by atoms with Gasteiger partial charge in [0.15, 0.2) is 16.6 Å². The van der Waals surface area contributed by atoms with Gasteiger partial charge >= 0.3 is 0 Å². The number of nitrogens with one attached hydrogen (secondary N) is 1. The third kappa shape index (κ3) is 3.11. The largest absolute Gasteiger partial charge is 0.493 e. The van der Waals surface area contributed by atoms with E-state index in [1.165, 1.54) is 4.70 Å². The fourth-order valence-corrected chi connectivity index (χ4v) is 3.83. The molecule has 6 heteroatoms. The van der Waals surface area contributed by atoms with Crippen molar-refractivity contribution in [2.24, 2.45) is 0 Å². The topological polar surface area (TPSA) is 48.3 Å². The van der Waals surface area contributed by atoms with E-state index in [-0.39, 0.29) is 0 Å². The molecule has 0 aliphatic heterocycles. The minimum absolute atomic E-state index is 0.679. The zero-order valence-corrected chi connectivity index (χ0v) is 15.4. The van der Waals surface area contributed by atoms with Gasteiger partial charge in [0.1, 0.15) is 0 Å². The second kappa shape index (κ2) is 7.09. The van der Waals surface area contributed by atoms with Crippen LogP contribution in [0.25, 0.3) is 15.3 Å². The first-order chi connectivity index (χ1) is 12.8. The van der Waals surface area contributed by atoms with Crippen LogP contribution >= 0.6 is 11.3 Å².